The van der Waals surface area contributed by atoms with Gasteiger partial charge in [-0.2, -0.15) is 0 Å². The second kappa shape index (κ2) is 4.41. The Hall–Kier alpha value is -0.110. The van der Waals surface area contributed by atoms with Crippen LogP contribution in [0.1, 0.15) is 0 Å². The van der Waals surface area contributed by atoms with E-state index < -0.39 is 0 Å². The van der Waals surface area contributed by atoms with Crippen LogP contribution in [0.15, 0.2) is 36.5 Å². The molecule has 0 bridgehead atoms. The van der Waals surface area contributed by atoms with Crippen LogP contribution in [-0.2, 0) is 0 Å². The van der Waals surface area contributed by atoms with Crippen molar-refractivity contribution in [2.24, 2.45) is 0 Å². The number of halogens is 2. The van der Waals surface area contributed by atoms with Gasteiger partial charge >= 0.3 is 97.5 Å². The monoisotopic (exact) mass is 398 g/mol. The van der Waals surface area contributed by atoms with Crippen LogP contribution in [0.5, 0.6) is 5.75 Å². The van der Waals surface area contributed by atoms with Crippen LogP contribution in [0.4, 0.5) is 0 Å². The van der Waals surface area contributed by atoms with E-state index in [0.717, 1.165) is 16.7 Å². The first-order valence-corrected chi connectivity index (χ1v) is 10.8. The number of benzene rings is 1. The molecule has 0 aliphatic carbocycles. The zero-order valence-corrected chi connectivity index (χ0v) is 10.9. The SMILES string of the molecule is I[I-]Oc1cccc2cccnc12. The van der Waals surface area contributed by atoms with Crippen molar-refractivity contribution in [2.75, 3.05) is 0 Å². The summed E-state index contributed by atoms with van der Waals surface area (Å²) >= 11 is 2.07. The standard InChI is InChI=1S/C9H6I2NO/c10-11-13-8-5-1-3-7-4-2-6-12-9(7)8/h1-6H/q-1. The van der Waals surface area contributed by atoms with E-state index in [-0.39, 0.29) is 17.6 Å². The molecule has 2 aromatic rings. The van der Waals surface area contributed by atoms with Crippen LogP contribution >= 0.6 is 18.6 Å². The molecule has 0 saturated carbocycles. The Morgan fingerprint density at radius 1 is 1.23 bits per heavy atom. The average molecular weight is 398 g/mol. The number of rotatable bonds is 2. The van der Waals surface area contributed by atoms with Crippen molar-refractivity contribution in [1.29, 1.82) is 0 Å². The summed E-state index contributed by atoms with van der Waals surface area (Å²) in [5.74, 6) is 0.903. The summed E-state index contributed by atoms with van der Waals surface area (Å²) in [6.45, 7) is 0. The molecule has 1 aromatic carbocycles. The van der Waals surface area contributed by atoms with E-state index in [4.69, 9.17) is 3.07 Å². The van der Waals surface area contributed by atoms with Crippen LogP contribution < -0.4 is 20.7 Å². The van der Waals surface area contributed by atoms with Crippen molar-refractivity contribution >= 4 is 29.5 Å². The second-order valence-corrected chi connectivity index (χ2v) is 5.47. The maximum absolute atomic E-state index is 5.55. The Morgan fingerprint density at radius 3 is 2.92 bits per heavy atom. The van der Waals surface area contributed by atoms with Crippen LogP contribution in [0.25, 0.3) is 10.9 Å². The second-order valence-electron chi connectivity index (χ2n) is 2.47. The van der Waals surface area contributed by atoms with Gasteiger partial charge in [0.15, 0.2) is 0 Å². The minimum atomic E-state index is -0.216. The molecule has 4 heteroatoms. The van der Waals surface area contributed by atoms with Crippen molar-refractivity contribution in [2.45, 2.75) is 0 Å². The summed E-state index contributed by atoms with van der Waals surface area (Å²) in [6, 6.07) is 9.98. The molecule has 1 heterocycles. The predicted octanol–water partition coefficient (Wildman–Crippen LogP) is -0.0324. The molecule has 0 unspecified atom stereocenters. The normalized spacial score (nSPS) is 10.5. The van der Waals surface area contributed by atoms with Crippen molar-refractivity contribution in [3.8, 4) is 5.75 Å². The number of fused-ring (bicyclic) bond motifs is 1. The van der Waals surface area contributed by atoms with Crippen LogP contribution in [0, 0.1) is 0 Å². The number of hydrogen-bond donors (Lipinski definition) is 0. The number of para-hydroxylation sites is 1. The molecule has 0 N–H and O–H groups in total. The van der Waals surface area contributed by atoms with E-state index in [9.17, 15) is 0 Å². The number of nitrogens with zero attached hydrogens (tertiary/aromatic N) is 1. The predicted molar refractivity (Wildman–Crippen MR) is 56.4 cm³/mol. The fourth-order valence-electron chi connectivity index (χ4n) is 1.17. The molecule has 0 atom stereocenters. The average Bonchev–Trinajstić information content (AvgIpc) is 2.19. The topological polar surface area (TPSA) is 22.1 Å². The van der Waals surface area contributed by atoms with E-state index in [0.29, 0.717) is 0 Å². The molecule has 0 aliphatic heterocycles. The maximum atomic E-state index is 5.55. The zero-order valence-electron chi connectivity index (χ0n) is 6.58. The van der Waals surface area contributed by atoms with Gasteiger partial charge in [0, 0.05) is 0 Å². The number of hydrogen-bond acceptors (Lipinski definition) is 2. The van der Waals surface area contributed by atoms with Crippen LogP contribution in [0.3, 0.4) is 0 Å². The Labute approximate surface area is 96.7 Å². The molecule has 2 nitrogen and oxygen atoms in total. The fourth-order valence-corrected chi connectivity index (χ4v) is 2.91. The Bertz CT molecular complexity index is 414. The molecule has 0 saturated heterocycles. The Balaban J connectivity index is 2.61. The van der Waals surface area contributed by atoms with Gasteiger partial charge in [-0.3, -0.25) is 0 Å². The van der Waals surface area contributed by atoms with Gasteiger partial charge in [0.05, 0.1) is 0 Å². The van der Waals surface area contributed by atoms with Crippen molar-refractivity contribution in [3.63, 3.8) is 0 Å². The van der Waals surface area contributed by atoms with Gasteiger partial charge in [0.25, 0.3) is 0 Å². The summed E-state index contributed by atoms with van der Waals surface area (Å²) in [5, 5.41) is 1.13. The van der Waals surface area contributed by atoms with Crippen LogP contribution in [-0.4, -0.2) is 4.98 Å². The molecule has 1 aromatic heterocycles. The zero-order chi connectivity index (χ0) is 9.10. The third-order valence-corrected chi connectivity index (χ3v) is 3.47. The quantitative estimate of drug-likeness (QED) is 0.664. The molecule has 0 radical (unpaired) electrons. The molecular weight excluding hydrogens is 392 g/mol. The third-order valence-electron chi connectivity index (χ3n) is 1.71. The summed E-state index contributed by atoms with van der Waals surface area (Å²) in [7, 11) is 0. The fraction of sp³-hybridized carbons (Fsp3) is 0. The molecule has 0 amide bonds. The van der Waals surface area contributed by atoms with Gasteiger partial charge < -0.3 is 0 Å². The summed E-state index contributed by atoms with van der Waals surface area (Å²) < 4.78 is 5.55. The first-order chi connectivity index (χ1) is 6.42. The first-order valence-electron chi connectivity index (χ1n) is 3.68. The van der Waals surface area contributed by atoms with E-state index >= 15 is 0 Å². The molecule has 2 rings (SSSR count). The minimum absolute atomic E-state index is 0.216. The van der Waals surface area contributed by atoms with Gasteiger partial charge in [-0.25, -0.2) is 0 Å². The summed E-state index contributed by atoms with van der Waals surface area (Å²) in [6.07, 6.45) is 1.79. The molecule has 0 aliphatic rings. The van der Waals surface area contributed by atoms with Gasteiger partial charge in [-0.1, -0.05) is 0 Å². The molecule has 0 spiro atoms. The van der Waals surface area contributed by atoms with Crippen LogP contribution in [0.2, 0.25) is 0 Å². The number of aromatic nitrogens is 1. The van der Waals surface area contributed by atoms with Gasteiger partial charge in [-0.15, -0.1) is 0 Å². The van der Waals surface area contributed by atoms with E-state index in [2.05, 4.69) is 23.6 Å². The Kier molecular flexibility index (Phi) is 3.20. The van der Waals surface area contributed by atoms with Crippen molar-refractivity contribution in [1.82, 2.24) is 4.98 Å². The van der Waals surface area contributed by atoms with Crippen molar-refractivity contribution in [3.05, 3.63) is 36.5 Å². The van der Waals surface area contributed by atoms with Gasteiger partial charge in [0.1, 0.15) is 0 Å². The third kappa shape index (κ3) is 2.04. The molecular formula is C9H6I2NO-. The van der Waals surface area contributed by atoms with E-state index in [1.54, 1.807) is 6.20 Å². The van der Waals surface area contributed by atoms with Gasteiger partial charge in [-0.05, 0) is 0 Å². The van der Waals surface area contributed by atoms with Gasteiger partial charge in [0.2, 0.25) is 0 Å². The van der Waals surface area contributed by atoms with E-state index in [1.807, 2.05) is 30.3 Å². The first kappa shape index (κ1) is 9.45. The molecule has 68 valence electrons. The van der Waals surface area contributed by atoms with Crippen molar-refractivity contribution < 1.29 is 20.7 Å². The molecule has 13 heavy (non-hydrogen) atoms. The number of pyridine rings is 1. The Morgan fingerprint density at radius 2 is 2.08 bits per heavy atom. The summed E-state index contributed by atoms with van der Waals surface area (Å²) in [4.78, 5) is 4.29. The molecule has 0 fully saturated rings. The van der Waals surface area contributed by atoms with E-state index in [1.165, 1.54) is 0 Å². The summed E-state index contributed by atoms with van der Waals surface area (Å²) in [5.41, 5.74) is 0.960.